The topological polar surface area (TPSA) is 82.1 Å². The monoisotopic (exact) mass is 466 g/mol. The van der Waals surface area contributed by atoms with E-state index in [1.54, 1.807) is 0 Å². The van der Waals surface area contributed by atoms with E-state index in [1.165, 1.54) is 25.7 Å². The maximum Gasteiger partial charge on any atom is 0.472 e. The van der Waals surface area contributed by atoms with Crippen molar-refractivity contribution in [2.45, 2.75) is 103 Å². The fourth-order valence-electron chi connectivity index (χ4n) is 3.09. The van der Waals surface area contributed by atoms with Gasteiger partial charge in [-0.3, -0.25) is 13.8 Å². The predicted octanol–water partition coefficient (Wildman–Crippen LogP) is 5.85. The van der Waals surface area contributed by atoms with Crippen molar-refractivity contribution in [3.8, 4) is 0 Å². The van der Waals surface area contributed by atoms with Crippen molar-refractivity contribution < 1.29 is 32.5 Å². The van der Waals surface area contributed by atoms with Crippen molar-refractivity contribution in [3.63, 3.8) is 0 Å². The minimum atomic E-state index is -4.16. The molecule has 0 saturated heterocycles. The van der Waals surface area contributed by atoms with Gasteiger partial charge in [-0.1, -0.05) is 71.6 Å². The molecule has 186 valence electrons. The fourth-order valence-corrected chi connectivity index (χ4v) is 3.83. The summed E-state index contributed by atoms with van der Waals surface area (Å²) in [5.41, 5.74) is 0. The Morgan fingerprint density at radius 3 is 2.00 bits per heavy atom. The molecule has 1 unspecified atom stereocenters. The van der Waals surface area contributed by atoms with Crippen LogP contribution in [0.15, 0.2) is 0 Å². The lowest BCUT2D eigenvalue weighted by Crippen LogP contribution is -2.37. The van der Waals surface area contributed by atoms with Gasteiger partial charge in [-0.25, -0.2) is 4.57 Å². The van der Waals surface area contributed by atoms with E-state index >= 15 is 0 Å². The Hall–Kier alpha value is -0.460. The molecular formula is C23H49NO6P+. The van der Waals surface area contributed by atoms with E-state index in [-0.39, 0.29) is 19.2 Å². The average molecular weight is 467 g/mol. The summed E-state index contributed by atoms with van der Waals surface area (Å²) in [5.74, 6) is -0.253. The SMILES string of the molecule is CCCCCCCCCC(=O)O[C@H](CCCCCC)COP(=O)(O)OCC[N+](C)(C)C. The van der Waals surface area contributed by atoms with Crippen molar-refractivity contribution >= 4 is 13.8 Å². The molecule has 0 rings (SSSR count). The van der Waals surface area contributed by atoms with Crippen LogP contribution in [0.2, 0.25) is 0 Å². The van der Waals surface area contributed by atoms with Gasteiger partial charge in [0.15, 0.2) is 0 Å². The zero-order valence-corrected chi connectivity index (χ0v) is 21.7. The van der Waals surface area contributed by atoms with Gasteiger partial charge in [-0.05, 0) is 19.3 Å². The van der Waals surface area contributed by atoms with Gasteiger partial charge in [0.05, 0.1) is 27.7 Å². The van der Waals surface area contributed by atoms with E-state index in [0.29, 0.717) is 23.9 Å². The van der Waals surface area contributed by atoms with Gasteiger partial charge in [-0.2, -0.15) is 0 Å². The molecule has 0 fully saturated rings. The number of rotatable bonds is 21. The van der Waals surface area contributed by atoms with E-state index in [4.69, 9.17) is 13.8 Å². The van der Waals surface area contributed by atoms with Gasteiger partial charge in [0.25, 0.3) is 0 Å². The first-order chi connectivity index (χ1) is 14.6. The Bertz CT molecular complexity index is 495. The molecule has 0 aliphatic heterocycles. The largest absolute Gasteiger partial charge is 0.472 e. The minimum Gasteiger partial charge on any atom is -0.460 e. The second-order valence-corrected chi connectivity index (χ2v) is 10.9. The molecule has 31 heavy (non-hydrogen) atoms. The molecule has 0 radical (unpaired) electrons. The number of quaternary nitrogens is 1. The molecule has 0 heterocycles. The summed E-state index contributed by atoms with van der Waals surface area (Å²) in [6.07, 6.45) is 12.6. The van der Waals surface area contributed by atoms with Crippen molar-refractivity contribution in [2.24, 2.45) is 0 Å². The second-order valence-electron chi connectivity index (χ2n) is 9.44. The van der Waals surface area contributed by atoms with Crippen molar-refractivity contribution in [1.82, 2.24) is 0 Å². The van der Waals surface area contributed by atoms with E-state index < -0.39 is 13.9 Å². The Morgan fingerprint density at radius 2 is 1.42 bits per heavy atom. The third-order valence-corrected chi connectivity index (χ3v) is 6.09. The Balaban J connectivity index is 4.36. The maximum atomic E-state index is 12.2. The summed E-state index contributed by atoms with van der Waals surface area (Å²) < 4.78 is 28.6. The number of nitrogens with zero attached hydrogens (tertiary/aromatic N) is 1. The van der Waals surface area contributed by atoms with Gasteiger partial charge in [0, 0.05) is 6.42 Å². The van der Waals surface area contributed by atoms with Crippen LogP contribution in [0.1, 0.15) is 97.3 Å². The molecule has 0 bridgehead atoms. The molecule has 7 nitrogen and oxygen atoms in total. The second kappa shape index (κ2) is 18.0. The van der Waals surface area contributed by atoms with Crippen LogP contribution in [0.4, 0.5) is 0 Å². The number of hydrogen-bond donors (Lipinski definition) is 1. The number of unbranched alkanes of at least 4 members (excludes halogenated alkanes) is 9. The Morgan fingerprint density at radius 1 is 0.871 bits per heavy atom. The lowest BCUT2D eigenvalue weighted by Gasteiger charge is -2.24. The van der Waals surface area contributed by atoms with Crippen LogP contribution in [0.5, 0.6) is 0 Å². The van der Waals surface area contributed by atoms with Crippen LogP contribution in [0.3, 0.4) is 0 Å². The molecule has 0 aliphatic carbocycles. The highest BCUT2D eigenvalue weighted by molar-refractivity contribution is 7.47. The molecule has 0 spiro atoms. The third-order valence-electron chi connectivity index (χ3n) is 5.10. The minimum absolute atomic E-state index is 0.118. The molecule has 2 atom stereocenters. The van der Waals surface area contributed by atoms with Gasteiger partial charge < -0.3 is 14.1 Å². The van der Waals surface area contributed by atoms with Crippen LogP contribution in [0.25, 0.3) is 0 Å². The number of carbonyl (C=O) groups is 1. The highest BCUT2D eigenvalue weighted by Gasteiger charge is 2.25. The van der Waals surface area contributed by atoms with Crippen LogP contribution in [0, 0.1) is 0 Å². The zero-order chi connectivity index (χ0) is 23.6. The highest BCUT2D eigenvalue weighted by Crippen LogP contribution is 2.43. The number of hydrogen-bond acceptors (Lipinski definition) is 5. The van der Waals surface area contributed by atoms with Crippen LogP contribution < -0.4 is 0 Å². The van der Waals surface area contributed by atoms with Crippen LogP contribution in [-0.2, 0) is 23.1 Å². The molecule has 0 aromatic heterocycles. The number of likely N-dealkylation sites (N-methyl/N-ethyl adjacent to an activating group) is 1. The van der Waals surface area contributed by atoms with Crippen molar-refractivity contribution in [2.75, 3.05) is 40.9 Å². The summed E-state index contributed by atoms with van der Waals surface area (Å²) in [4.78, 5) is 22.2. The molecule has 8 heteroatoms. The lowest BCUT2D eigenvalue weighted by atomic mass is 10.1. The third kappa shape index (κ3) is 21.2. The zero-order valence-electron chi connectivity index (χ0n) is 20.8. The van der Waals surface area contributed by atoms with Crippen LogP contribution >= 0.6 is 7.82 Å². The summed E-state index contributed by atoms with van der Waals surface area (Å²) in [5, 5.41) is 0. The molecule has 0 saturated carbocycles. The predicted molar refractivity (Wildman–Crippen MR) is 126 cm³/mol. The maximum absolute atomic E-state index is 12.2. The van der Waals surface area contributed by atoms with E-state index in [0.717, 1.165) is 44.9 Å². The Labute approximate surface area is 191 Å². The first-order valence-electron chi connectivity index (χ1n) is 12.2. The first kappa shape index (κ1) is 30.5. The van der Waals surface area contributed by atoms with Gasteiger partial charge in [0.2, 0.25) is 0 Å². The van der Waals surface area contributed by atoms with Gasteiger partial charge in [0.1, 0.15) is 19.3 Å². The van der Waals surface area contributed by atoms with Gasteiger partial charge >= 0.3 is 13.8 Å². The van der Waals surface area contributed by atoms with E-state index in [1.807, 2.05) is 21.1 Å². The molecule has 0 aliphatic rings. The highest BCUT2D eigenvalue weighted by atomic mass is 31.2. The number of esters is 1. The van der Waals surface area contributed by atoms with Gasteiger partial charge in [-0.15, -0.1) is 0 Å². The first-order valence-corrected chi connectivity index (χ1v) is 13.7. The molecule has 1 N–H and O–H groups in total. The summed E-state index contributed by atoms with van der Waals surface area (Å²) >= 11 is 0. The van der Waals surface area contributed by atoms with E-state index in [9.17, 15) is 14.3 Å². The van der Waals surface area contributed by atoms with Crippen molar-refractivity contribution in [1.29, 1.82) is 0 Å². The Kier molecular flexibility index (Phi) is 17.8. The number of carbonyl (C=O) groups excluding carboxylic acids is 1. The average Bonchev–Trinajstić information content (AvgIpc) is 2.67. The fraction of sp³-hybridized carbons (Fsp3) is 0.957. The summed E-state index contributed by atoms with van der Waals surface area (Å²) in [7, 11) is 1.77. The standard InChI is InChI=1S/C23H48NO6P/c1-6-8-10-12-13-14-16-18-23(25)30-22(17-15-11-9-7-2)21-29-31(26,27)28-20-19-24(3,4)5/h22H,6-21H2,1-5H3/p+1/t22-/m1/s1. The lowest BCUT2D eigenvalue weighted by molar-refractivity contribution is -0.870. The molecule has 0 amide bonds. The smallest absolute Gasteiger partial charge is 0.460 e. The van der Waals surface area contributed by atoms with E-state index in [2.05, 4.69) is 13.8 Å². The summed E-state index contributed by atoms with van der Waals surface area (Å²) in [6, 6.07) is 0. The normalized spacial score (nSPS) is 14.9. The molecule has 0 aromatic carbocycles. The molecule has 0 aromatic rings. The number of ether oxygens (including phenoxy) is 1. The van der Waals surface area contributed by atoms with Crippen molar-refractivity contribution in [3.05, 3.63) is 0 Å². The molecular weight excluding hydrogens is 417 g/mol. The number of phosphoric acid groups is 1. The summed E-state index contributed by atoms with van der Waals surface area (Å²) in [6.45, 7) is 4.93. The number of phosphoric ester groups is 1. The quantitative estimate of drug-likeness (QED) is 0.0989. The van der Waals surface area contributed by atoms with Crippen LogP contribution in [-0.4, -0.2) is 62.4 Å².